The monoisotopic (exact) mass is 488 g/mol. The summed E-state index contributed by atoms with van der Waals surface area (Å²) in [6, 6.07) is 10.2. The molecule has 4 atom stereocenters. The maximum Gasteiger partial charge on any atom is 0.330 e. The van der Waals surface area contributed by atoms with Crippen LogP contribution in [0.1, 0.15) is 66.9 Å². The standard InChI is InChI=1S/C29H48O4Si/c1-11-22(2)19-23(3)20-24(4)28(32-21-25-15-13-12-14-16-25)26(17-18-27(30)31-8)33-34(9,10)29(5,6)7/h11-18,23-24,26,28H,19-21H2,1-10H3/b18-17-,22-11+/t23-,24-,26+,28+/m0/s1. The molecule has 1 aromatic carbocycles. The smallest absolute Gasteiger partial charge is 0.330 e. The molecule has 0 bridgehead atoms. The van der Waals surface area contributed by atoms with E-state index in [9.17, 15) is 4.79 Å². The van der Waals surface area contributed by atoms with Gasteiger partial charge in [0.25, 0.3) is 0 Å². The van der Waals surface area contributed by atoms with E-state index in [0.717, 1.165) is 18.4 Å². The van der Waals surface area contributed by atoms with Gasteiger partial charge in [-0.2, -0.15) is 0 Å². The lowest BCUT2D eigenvalue weighted by atomic mass is 9.87. The molecule has 0 fully saturated rings. The van der Waals surface area contributed by atoms with Crippen molar-refractivity contribution in [3.8, 4) is 0 Å². The van der Waals surface area contributed by atoms with Crippen LogP contribution in [0.15, 0.2) is 54.1 Å². The van der Waals surface area contributed by atoms with Crippen LogP contribution < -0.4 is 0 Å². The molecule has 0 unspecified atom stereocenters. The second-order valence-electron chi connectivity index (χ2n) is 11.1. The van der Waals surface area contributed by atoms with E-state index in [-0.39, 0.29) is 29.1 Å². The molecule has 4 nitrogen and oxygen atoms in total. The highest BCUT2D eigenvalue weighted by molar-refractivity contribution is 6.74. The van der Waals surface area contributed by atoms with Gasteiger partial charge in [-0.1, -0.05) is 76.6 Å². The van der Waals surface area contributed by atoms with Crippen molar-refractivity contribution in [3.05, 3.63) is 59.7 Å². The zero-order chi connectivity index (χ0) is 25.9. The van der Waals surface area contributed by atoms with Gasteiger partial charge < -0.3 is 13.9 Å². The predicted octanol–water partition coefficient (Wildman–Crippen LogP) is 7.71. The Balaban J connectivity index is 3.28. The summed E-state index contributed by atoms with van der Waals surface area (Å²) in [7, 11) is -0.735. The second kappa shape index (κ2) is 14.0. The molecule has 1 aromatic rings. The van der Waals surface area contributed by atoms with E-state index in [0.29, 0.717) is 12.5 Å². The number of hydrogen-bond acceptors (Lipinski definition) is 4. The Morgan fingerprint density at radius 2 is 1.74 bits per heavy atom. The first-order valence-electron chi connectivity index (χ1n) is 12.5. The summed E-state index contributed by atoms with van der Waals surface area (Å²) < 4.78 is 18.3. The molecule has 5 heteroatoms. The van der Waals surface area contributed by atoms with E-state index >= 15 is 0 Å². The highest BCUT2D eigenvalue weighted by Gasteiger charge is 2.41. The lowest BCUT2D eigenvalue weighted by Crippen LogP contribution is -2.48. The lowest BCUT2D eigenvalue weighted by molar-refractivity contribution is -0.135. The number of carbonyl (C=O) groups excluding carboxylic acids is 1. The van der Waals surface area contributed by atoms with Crippen LogP contribution in [0.4, 0.5) is 0 Å². The molecule has 0 amide bonds. The number of benzene rings is 1. The first kappa shape index (κ1) is 30.3. The van der Waals surface area contributed by atoms with Crippen LogP contribution in [0, 0.1) is 11.8 Å². The third-order valence-electron chi connectivity index (χ3n) is 6.97. The minimum Gasteiger partial charge on any atom is -0.466 e. The van der Waals surface area contributed by atoms with Crippen molar-refractivity contribution in [3.63, 3.8) is 0 Å². The number of esters is 1. The van der Waals surface area contributed by atoms with Crippen LogP contribution >= 0.6 is 0 Å². The van der Waals surface area contributed by atoms with Gasteiger partial charge in [0.05, 0.1) is 25.9 Å². The molecule has 0 aliphatic heterocycles. The van der Waals surface area contributed by atoms with Gasteiger partial charge in [0.2, 0.25) is 0 Å². The maximum atomic E-state index is 12.0. The number of methoxy groups -OCH3 is 1. The SMILES string of the molecule is C/C=C(\C)C[C@H](C)C[C@H](C)[C@@H](OCc1ccccc1)[C@@H](/C=C\C(=O)OC)O[Si](C)(C)C(C)(C)C. The van der Waals surface area contributed by atoms with Crippen LogP contribution in [-0.2, 0) is 25.3 Å². The summed E-state index contributed by atoms with van der Waals surface area (Å²) >= 11 is 0. The van der Waals surface area contributed by atoms with E-state index < -0.39 is 8.32 Å². The van der Waals surface area contributed by atoms with Gasteiger partial charge in [-0.3, -0.25) is 0 Å². The summed E-state index contributed by atoms with van der Waals surface area (Å²) in [4.78, 5) is 12.0. The Bertz CT molecular complexity index is 792. The molecule has 0 aromatic heterocycles. The second-order valence-corrected chi connectivity index (χ2v) is 15.9. The highest BCUT2D eigenvalue weighted by Crippen LogP contribution is 2.39. The van der Waals surface area contributed by atoms with Gasteiger partial charge in [0.1, 0.15) is 0 Å². The minimum absolute atomic E-state index is 0.0356. The van der Waals surface area contributed by atoms with Crippen molar-refractivity contribution in [2.24, 2.45) is 11.8 Å². The Labute approximate surface area is 209 Å². The molecular formula is C29H48O4Si. The van der Waals surface area contributed by atoms with Crippen molar-refractivity contribution < 1.29 is 18.7 Å². The first-order valence-corrected chi connectivity index (χ1v) is 15.4. The Hall–Kier alpha value is -1.69. The normalized spacial score (nSPS) is 16.8. The molecule has 0 saturated carbocycles. The zero-order valence-corrected chi connectivity index (χ0v) is 24.2. The molecule has 192 valence electrons. The average Bonchev–Trinajstić information content (AvgIpc) is 2.76. The molecular weight excluding hydrogens is 440 g/mol. The maximum absolute atomic E-state index is 12.0. The van der Waals surface area contributed by atoms with Gasteiger partial charge in [-0.05, 0) is 68.3 Å². The van der Waals surface area contributed by atoms with Gasteiger partial charge in [0, 0.05) is 6.08 Å². The van der Waals surface area contributed by atoms with Gasteiger partial charge >= 0.3 is 5.97 Å². The van der Waals surface area contributed by atoms with Crippen molar-refractivity contribution in [1.29, 1.82) is 0 Å². The Kier molecular flexibility index (Phi) is 12.5. The van der Waals surface area contributed by atoms with Crippen molar-refractivity contribution >= 4 is 14.3 Å². The molecule has 0 N–H and O–H groups in total. The molecule has 1 rings (SSSR count). The van der Waals surface area contributed by atoms with Crippen molar-refractivity contribution in [2.75, 3.05) is 7.11 Å². The fourth-order valence-corrected chi connectivity index (χ4v) is 5.09. The first-order chi connectivity index (χ1) is 15.8. The molecule has 34 heavy (non-hydrogen) atoms. The van der Waals surface area contributed by atoms with Crippen LogP contribution in [0.3, 0.4) is 0 Å². The Morgan fingerprint density at radius 3 is 2.26 bits per heavy atom. The lowest BCUT2D eigenvalue weighted by Gasteiger charge is -2.42. The molecule has 0 heterocycles. The molecule has 0 saturated heterocycles. The summed E-state index contributed by atoms with van der Waals surface area (Å²) in [5.41, 5.74) is 2.53. The molecule has 0 spiro atoms. The average molecular weight is 489 g/mol. The predicted molar refractivity (Wildman–Crippen MR) is 145 cm³/mol. The third-order valence-corrected chi connectivity index (χ3v) is 11.4. The quantitative estimate of drug-likeness (QED) is 0.123. The van der Waals surface area contributed by atoms with Gasteiger partial charge in [-0.15, -0.1) is 0 Å². The number of ether oxygens (including phenoxy) is 2. The fraction of sp³-hybridized carbons (Fsp3) is 0.621. The zero-order valence-electron chi connectivity index (χ0n) is 23.2. The van der Waals surface area contributed by atoms with Crippen LogP contribution in [0.5, 0.6) is 0 Å². The Morgan fingerprint density at radius 1 is 1.12 bits per heavy atom. The highest BCUT2D eigenvalue weighted by atomic mass is 28.4. The number of hydrogen-bond donors (Lipinski definition) is 0. The van der Waals surface area contributed by atoms with E-state index in [1.54, 1.807) is 0 Å². The topological polar surface area (TPSA) is 44.8 Å². The summed E-state index contributed by atoms with van der Waals surface area (Å²) in [6.45, 7) is 20.5. The minimum atomic E-state index is -2.13. The van der Waals surface area contributed by atoms with Crippen molar-refractivity contribution in [2.45, 2.75) is 98.3 Å². The van der Waals surface area contributed by atoms with Gasteiger partial charge in [0.15, 0.2) is 8.32 Å². The van der Waals surface area contributed by atoms with Crippen LogP contribution in [0.25, 0.3) is 0 Å². The molecule has 0 aliphatic rings. The van der Waals surface area contributed by atoms with E-state index in [1.807, 2.05) is 24.3 Å². The van der Waals surface area contributed by atoms with Crippen LogP contribution in [0.2, 0.25) is 18.1 Å². The van der Waals surface area contributed by atoms with Crippen LogP contribution in [-0.4, -0.2) is 33.6 Å². The summed E-state index contributed by atoms with van der Waals surface area (Å²) in [5, 5.41) is 0.0356. The number of rotatable bonds is 13. The van der Waals surface area contributed by atoms with E-state index in [4.69, 9.17) is 13.9 Å². The number of carbonyl (C=O) groups is 1. The fourth-order valence-electron chi connectivity index (χ4n) is 3.84. The van der Waals surface area contributed by atoms with Crippen molar-refractivity contribution in [1.82, 2.24) is 0 Å². The molecule has 0 aliphatic carbocycles. The largest absolute Gasteiger partial charge is 0.466 e. The van der Waals surface area contributed by atoms with E-state index in [1.165, 1.54) is 18.8 Å². The summed E-state index contributed by atoms with van der Waals surface area (Å²) in [6.07, 6.45) is 7.06. The molecule has 0 radical (unpaired) electrons. The van der Waals surface area contributed by atoms with Gasteiger partial charge in [-0.25, -0.2) is 4.79 Å². The number of allylic oxidation sites excluding steroid dienone is 2. The summed E-state index contributed by atoms with van der Waals surface area (Å²) in [5.74, 6) is 0.378. The van der Waals surface area contributed by atoms with E-state index in [2.05, 4.69) is 79.8 Å². The third kappa shape index (κ3) is 10.3.